The van der Waals surface area contributed by atoms with Crippen LogP contribution in [0.2, 0.25) is 0 Å². The Labute approximate surface area is 105 Å². The number of aliphatic hydroxyl groups excluding tert-OH is 2. The van der Waals surface area contributed by atoms with Gasteiger partial charge in [-0.05, 0) is 12.8 Å². The Morgan fingerprint density at radius 2 is 2.17 bits per heavy atom. The second kappa shape index (κ2) is 6.46. The first kappa shape index (κ1) is 14.6. The number of esters is 1. The maximum absolute atomic E-state index is 11.7. The summed E-state index contributed by atoms with van der Waals surface area (Å²) in [5.41, 5.74) is 0.650. The third kappa shape index (κ3) is 3.78. The van der Waals surface area contributed by atoms with E-state index in [2.05, 4.69) is 10.3 Å². The van der Waals surface area contributed by atoms with Gasteiger partial charge in [-0.1, -0.05) is 19.1 Å². The van der Waals surface area contributed by atoms with E-state index in [1.165, 1.54) is 4.68 Å². The van der Waals surface area contributed by atoms with Crippen molar-refractivity contribution < 1.29 is 19.7 Å². The quantitative estimate of drug-likeness (QED) is 0.682. The minimum Gasteiger partial charge on any atom is -0.461 e. The summed E-state index contributed by atoms with van der Waals surface area (Å²) in [6, 6.07) is 0. The summed E-state index contributed by atoms with van der Waals surface area (Å²) in [6.45, 7) is 5.59. The standard InChI is InChI=1S/C11H19N3O4/c1-7(2)6-18-11(17)10-8(3)14(13-12-10)4-9(16)5-15/h7,9,15-16H,4-6H2,1-3H3. The Morgan fingerprint density at radius 3 is 2.72 bits per heavy atom. The van der Waals surface area contributed by atoms with E-state index in [0.717, 1.165) is 0 Å². The first-order valence-corrected chi connectivity index (χ1v) is 5.81. The van der Waals surface area contributed by atoms with Crippen molar-refractivity contribution in [3.05, 3.63) is 11.4 Å². The number of hydrogen-bond acceptors (Lipinski definition) is 6. The number of ether oxygens (including phenoxy) is 1. The Kier molecular flexibility index (Phi) is 5.24. The van der Waals surface area contributed by atoms with Crippen LogP contribution in [-0.2, 0) is 11.3 Å². The summed E-state index contributed by atoms with van der Waals surface area (Å²) >= 11 is 0. The molecule has 2 N–H and O–H groups in total. The third-order valence-corrected chi connectivity index (χ3v) is 2.32. The average molecular weight is 257 g/mol. The molecule has 1 aromatic rings. The lowest BCUT2D eigenvalue weighted by Gasteiger charge is -2.08. The summed E-state index contributed by atoms with van der Waals surface area (Å²) in [5, 5.41) is 25.5. The number of carbonyl (C=O) groups is 1. The molecule has 1 unspecified atom stereocenters. The van der Waals surface area contributed by atoms with Crippen LogP contribution in [0.5, 0.6) is 0 Å². The molecular weight excluding hydrogens is 238 g/mol. The van der Waals surface area contributed by atoms with Gasteiger partial charge in [-0.3, -0.25) is 0 Å². The molecule has 1 atom stereocenters. The second-order valence-corrected chi connectivity index (χ2v) is 4.53. The van der Waals surface area contributed by atoms with Crippen LogP contribution in [-0.4, -0.2) is 50.5 Å². The smallest absolute Gasteiger partial charge is 0.360 e. The molecule has 7 nitrogen and oxygen atoms in total. The summed E-state index contributed by atoms with van der Waals surface area (Å²) in [5.74, 6) is -0.272. The number of carbonyl (C=O) groups excluding carboxylic acids is 1. The molecule has 1 aromatic heterocycles. The van der Waals surface area contributed by atoms with Gasteiger partial charge in [0.15, 0.2) is 5.69 Å². The zero-order valence-electron chi connectivity index (χ0n) is 10.8. The molecule has 0 aliphatic rings. The Bertz CT molecular complexity index is 403. The van der Waals surface area contributed by atoms with E-state index < -0.39 is 12.1 Å². The number of aromatic nitrogens is 3. The molecule has 0 saturated heterocycles. The summed E-state index contributed by atoms with van der Waals surface area (Å²) in [6.07, 6.45) is -0.926. The lowest BCUT2D eigenvalue weighted by molar-refractivity contribution is 0.0450. The average Bonchev–Trinajstić information content (AvgIpc) is 2.68. The van der Waals surface area contributed by atoms with Crippen molar-refractivity contribution in [2.75, 3.05) is 13.2 Å². The van der Waals surface area contributed by atoms with Crippen molar-refractivity contribution in [3.63, 3.8) is 0 Å². The summed E-state index contributed by atoms with van der Waals surface area (Å²) < 4.78 is 6.42. The maximum atomic E-state index is 11.7. The van der Waals surface area contributed by atoms with Gasteiger partial charge in [-0.15, -0.1) is 5.10 Å². The van der Waals surface area contributed by atoms with Crippen molar-refractivity contribution in [1.29, 1.82) is 0 Å². The monoisotopic (exact) mass is 257 g/mol. The maximum Gasteiger partial charge on any atom is 0.360 e. The molecule has 0 fully saturated rings. The van der Waals surface area contributed by atoms with Crippen LogP contribution in [0.1, 0.15) is 30.0 Å². The number of hydrogen-bond donors (Lipinski definition) is 2. The highest BCUT2D eigenvalue weighted by Gasteiger charge is 2.19. The lowest BCUT2D eigenvalue weighted by atomic mass is 10.2. The van der Waals surface area contributed by atoms with Crippen molar-refractivity contribution in [1.82, 2.24) is 15.0 Å². The van der Waals surface area contributed by atoms with Gasteiger partial charge in [-0.25, -0.2) is 9.48 Å². The number of rotatable bonds is 6. The molecule has 0 spiro atoms. The normalized spacial score (nSPS) is 12.8. The van der Waals surface area contributed by atoms with Crippen molar-refractivity contribution >= 4 is 5.97 Å². The van der Waals surface area contributed by atoms with Crippen molar-refractivity contribution in [2.24, 2.45) is 5.92 Å². The molecule has 0 bridgehead atoms. The van der Waals surface area contributed by atoms with Crippen LogP contribution in [0.3, 0.4) is 0 Å². The van der Waals surface area contributed by atoms with Gasteiger partial charge in [0, 0.05) is 0 Å². The van der Waals surface area contributed by atoms with Gasteiger partial charge in [0.2, 0.25) is 0 Å². The molecule has 0 radical (unpaired) electrons. The van der Waals surface area contributed by atoms with Crippen LogP contribution in [0, 0.1) is 12.8 Å². The van der Waals surface area contributed by atoms with E-state index in [-0.39, 0.29) is 24.8 Å². The van der Waals surface area contributed by atoms with E-state index in [1.807, 2.05) is 13.8 Å². The number of nitrogens with zero attached hydrogens (tertiary/aromatic N) is 3. The largest absolute Gasteiger partial charge is 0.461 e. The fourth-order valence-electron chi connectivity index (χ4n) is 1.29. The van der Waals surface area contributed by atoms with Crippen LogP contribution in [0.15, 0.2) is 0 Å². The molecule has 102 valence electrons. The number of aliphatic hydroxyl groups is 2. The minimum absolute atomic E-state index is 0.0901. The zero-order chi connectivity index (χ0) is 13.7. The minimum atomic E-state index is -0.926. The summed E-state index contributed by atoms with van der Waals surface area (Å²) in [7, 11) is 0. The van der Waals surface area contributed by atoms with Gasteiger partial charge in [0.1, 0.15) is 0 Å². The predicted octanol–water partition coefficient (Wildman–Crippen LogP) is -0.247. The Morgan fingerprint density at radius 1 is 1.50 bits per heavy atom. The topological polar surface area (TPSA) is 97.5 Å². The highest BCUT2D eigenvalue weighted by molar-refractivity contribution is 5.88. The highest BCUT2D eigenvalue weighted by Crippen LogP contribution is 2.07. The van der Waals surface area contributed by atoms with Crippen molar-refractivity contribution in [2.45, 2.75) is 33.4 Å². The molecule has 0 aromatic carbocycles. The molecule has 0 amide bonds. The molecule has 7 heteroatoms. The third-order valence-electron chi connectivity index (χ3n) is 2.32. The molecular formula is C11H19N3O4. The molecule has 1 heterocycles. The van der Waals surface area contributed by atoms with Crippen molar-refractivity contribution in [3.8, 4) is 0 Å². The SMILES string of the molecule is Cc1c(C(=O)OCC(C)C)nnn1CC(O)CO. The fourth-order valence-corrected chi connectivity index (χ4v) is 1.29. The van der Waals surface area contributed by atoms with Gasteiger partial charge < -0.3 is 14.9 Å². The molecule has 0 aliphatic carbocycles. The van der Waals surface area contributed by atoms with E-state index in [0.29, 0.717) is 12.3 Å². The van der Waals surface area contributed by atoms with E-state index >= 15 is 0 Å². The van der Waals surface area contributed by atoms with Gasteiger partial charge >= 0.3 is 5.97 Å². The van der Waals surface area contributed by atoms with Crippen LogP contribution in [0.4, 0.5) is 0 Å². The summed E-state index contributed by atoms with van der Waals surface area (Å²) in [4.78, 5) is 11.7. The van der Waals surface area contributed by atoms with Gasteiger partial charge in [0.25, 0.3) is 0 Å². The molecule has 1 rings (SSSR count). The van der Waals surface area contributed by atoms with Crippen LogP contribution < -0.4 is 0 Å². The molecule has 18 heavy (non-hydrogen) atoms. The van der Waals surface area contributed by atoms with Gasteiger partial charge in [-0.2, -0.15) is 0 Å². The van der Waals surface area contributed by atoms with E-state index in [9.17, 15) is 9.90 Å². The Hall–Kier alpha value is -1.47. The fraction of sp³-hybridized carbons (Fsp3) is 0.727. The second-order valence-electron chi connectivity index (χ2n) is 4.53. The molecule has 0 aliphatic heterocycles. The van der Waals surface area contributed by atoms with E-state index in [4.69, 9.17) is 9.84 Å². The highest BCUT2D eigenvalue weighted by atomic mass is 16.5. The van der Waals surface area contributed by atoms with Gasteiger partial charge in [0.05, 0.1) is 31.6 Å². The van der Waals surface area contributed by atoms with E-state index in [1.54, 1.807) is 6.92 Å². The molecule has 0 saturated carbocycles. The lowest BCUT2D eigenvalue weighted by Crippen LogP contribution is -2.21. The first-order valence-electron chi connectivity index (χ1n) is 5.81. The first-order chi connectivity index (χ1) is 8.45. The van der Waals surface area contributed by atoms with Crippen LogP contribution >= 0.6 is 0 Å². The zero-order valence-corrected chi connectivity index (χ0v) is 10.8. The van der Waals surface area contributed by atoms with Crippen LogP contribution in [0.25, 0.3) is 0 Å². The Balaban J connectivity index is 2.70. The predicted molar refractivity (Wildman–Crippen MR) is 63.0 cm³/mol.